The molecule has 174 valence electrons. The number of carbonyl (C=O) groups excluding carboxylic acids is 1. The number of amides is 1. The van der Waals surface area contributed by atoms with Crippen molar-refractivity contribution in [2.24, 2.45) is 0 Å². The number of hydrogen-bond acceptors (Lipinski definition) is 6. The van der Waals surface area contributed by atoms with Gasteiger partial charge < -0.3 is 15.1 Å². The highest BCUT2D eigenvalue weighted by Gasteiger charge is 2.22. The number of pyridine rings is 1. The third-order valence-corrected chi connectivity index (χ3v) is 6.29. The van der Waals surface area contributed by atoms with Gasteiger partial charge in [-0.25, -0.2) is 19.3 Å². The molecule has 3 aromatic heterocycles. The largest absolute Gasteiger partial charge is 0.366 e. The lowest BCUT2D eigenvalue weighted by Gasteiger charge is -2.36. The molecule has 1 aliphatic rings. The van der Waals surface area contributed by atoms with Crippen LogP contribution in [0, 0.1) is 12.7 Å². The Hall–Kier alpha value is -3.72. The average molecular weight is 480 g/mol. The molecule has 0 spiro atoms. The predicted octanol–water partition coefficient (Wildman–Crippen LogP) is 4.30. The maximum absolute atomic E-state index is 15.1. The summed E-state index contributed by atoms with van der Waals surface area (Å²) in [5.74, 6) is -0.00180. The number of nitrogens with one attached hydrogen (secondary N) is 1. The molecule has 1 N–H and O–H groups in total. The first-order valence-corrected chi connectivity index (χ1v) is 11.3. The Labute approximate surface area is 201 Å². The number of carbonyl (C=O) groups is 1. The Kier molecular flexibility index (Phi) is 5.79. The molecule has 0 radical (unpaired) electrons. The van der Waals surface area contributed by atoms with Crippen molar-refractivity contribution in [3.8, 4) is 11.4 Å². The summed E-state index contributed by atoms with van der Waals surface area (Å²) < 4.78 is 17.0. The summed E-state index contributed by atoms with van der Waals surface area (Å²) in [6, 6.07) is 8.96. The molecule has 0 aliphatic carbocycles. The number of imidazole rings is 1. The zero-order valence-electron chi connectivity index (χ0n) is 18.8. The molecule has 0 atom stereocenters. The average Bonchev–Trinajstić information content (AvgIpc) is 3.26. The van der Waals surface area contributed by atoms with Crippen molar-refractivity contribution in [3.63, 3.8) is 0 Å². The highest BCUT2D eigenvalue weighted by Crippen LogP contribution is 2.31. The summed E-state index contributed by atoms with van der Waals surface area (Å²) in [5, 5.41) is 3.51. The van der Waals surface area contributed by atoms with E-state index in [-0.39, 0.29) is 11.7 Å². The van der Waals surface area contributed by atoms with E-state index >= 15 is 4.39 Å². The van der Waals surface area contributed by atoms with Crippen LogP contribution in [-0.4, -0.2) is 56.3 Å². The molecule has 10 heteroatoms. The number of benzene rings is 1. The smallest absolute Gasteiger partial charge is 0.227 e. The minimum atomic E-state index is -0.347. The van der Waals surface area contributed by atoms with Crippen molar-refractivity contribution in [1.82, 2.24) is 24.3 Å². The Bertz CT molecular complexity index is 1380. The highest BCUT2D eigenvalue weighted by atomic mass is 35.5. The molecule has 1 amide bonds. The summed E-state index contributed by atoms with van der Waals surface area (Å²) in [4.78, 5) is 28.6. The van der Waals surface area contributed by atoms with Crippen LogP contribution in [0.3, 0.4) is 0 Å². The third-order valence-electron chi connectivity index (χ3n) is 6.01. The van der Waals surface area contributed by atoms with Gasteiger partial charge in [0.15, 0.2) is 0 Å². The summed E-state index contributed by atoms with van der Waals surface area (Å²) in [5.41, 5.74) is 3.97. The number of aryl methyl sites for hydroxylation is 1. The summed E-state index contributed by atoms with van der Waals surface area (Å²) in [6.07, 6.45) is 5.11. The first-order chi connectivity index (χ1) is 16.4. The second-order valence-corrected chi connectivity index (χ2v) is 8.61. The van der Waals surface area contributed by atoms with Crippen molar-refractivity contribution in [1.29, 1.82) is 0 Å². The Morgan fingerprint density at radius 2 is 1.91 bits per heavy atom. The van der Waals surface area contributed by atoms with Crippen LogP contribution < -0.4 is 10.2 Å². The van der Waals surface area contributed by atoms with Crippen molar-refractivity contribution >= 4 is 40.5 Å². The molecule has 4 heterocycles. The van der Waals surface area contributed by atoms with E-state index in [1.165, 1.54) is 12.3 Å². The van der Waals surface area contributed by atoms with Gasteiger partial charge in [0, 0.05) is 45.0 Å². The molecule has 4 aromatic rings. The number of halogens is 2. The van der Waals surface area contributed by atoms with E-state index in [1.54, 1.807) is 18.0 Å². The lowest BCUT2D eigenvalue weighted by molar-refractivity contribution is -0.129. The molecule has 1 aliphatic heterocycles. The molecule has 8 nitrogen and oxygen atoms in total. The Morgan fingerprint density at radius 1 is 1.12 bits per heavy atom. The van der Waals surface area contributed by atoms with Crippen molar-refractivity contribution < 1.29 is 9.18 Å². The molecule has 1 fully saturated rings. The second kappa shape index (κ2) is 8.90. The van der Waals surface area contributed by atoms with Crippen molar-refractivity contribution in [2.75, 3.05) is 36.4 Å². The van der Waals surface area contributed by atoms with Crippen LogP contribution in [0.25, 0.3) is 17.0 Å². The maximum atomic E-state index is 15.1. The van der Waals surface area contributed by atoms with Gasteiger partial charge in [-0.2, -0.15) is 0 Å². The number of piperazine rings is 1. The lowest BCUT2D eigenvalue weighted by Crippen LogP contribution is -2.48. The van der Waals surface area contributed by atoms with Crippen LogP contribution in [0.4, 0.5) is 21.7 Å². The minimum absolute atomic E-state index is 0.0436. The van der Waals surface area contributed by atoms with E-state index in [0.29, 0.717) is 54.2 Å². The van der Waals surface area contributed by atoms with E-state index in [1.807, 2.05) is 46.7 Å². The van der Waals surface area contributed by atoms with E-state index in [9.17, 15) is 4.79 Å². The first kappa shape index (κ1) is 22.1. The van der Waals surface area contributed by atoms with Gasteiger partial charge in [-0.15, -0.1) is 0 Å². The highest BCUT2D eigenvalue weighted by molar-refractivity contribution is 6.32. The molecule has 0 saturated carbocycles. The fourth-order valence-corrected chi connectivity index (χ4v) is 4.33. The number of fused-ring (bicyclic) bond motifs is 1. The fraction of sp³-hybridized carbons (Fsp3) is 0.250. The zero-order chi connectivity index (χ0) is 23.8. The number of rotatable bonds is 4. The predicted molar refractivity (Wildman–Crippen MR) is 130 cm³/mol. The van der Waals surface area contributed by atoms with Gasteiger partial charge in [-0.1, -0.05) is 17.7 Å². The first-order valence-electron chi connectivity index (χ1n) is 10.9. The summed E-state index contributed by atoms with van der Waals surface area (Å²) >= 11 is 6.40. The van der Waals surface area contributed by atoms with Gasteiger partial charge in [-0.05, 0) is 36.8 Å². The number of anilines is 3. The van der Waals surface area contributed by atoms with Gasteiger partial charge in [0.2, 0.25) is 11.9 Å². The molecule has 34 heavy (non-hydrogen) atoms. The van der Waals surface area contributed by atoms with Gasteiger partial charge in [-0.3, -0.25) is 9.20 Å². The van der Waals surface area contributed by atoms with Gasteiger partial charge >= 0.3 is 0 Å². The maximum Gasteiger partial charge on any atom is 0.227 e. The van der Waals surface area contributed by atoms with Crippen LogP contribution in [0.5, 0.6) is 0 Å². The van der Waals surface area contributed by atoms with Crippen LogP contribution in [0.2, 0.25) is 5.02 Å². The van der Waals surface area contributed by atoms with Crippen LogP contribution in [-0.2, 0) is 4.79 Å². The molecular formula is C24H23ClFN7O. The fourth-order valence-electron chi connectivity index (χ4n) is 4.14. The van der Waals surface area contributed by atoms with Crippen molar-refractivity contribution in [3.05, 3.63) is 65.3 Å². The molecule has 1 saturated heterocycles. The Balaban J connectivity index is 1.40. The van der Waals surface area contributed by atoms with E-state index in [2.05, 4.69) is 20.3 Å². The normalized spacial score (nSPS) is 14.0. The summed E-state index contributed by atoms with van der Waals surface area (Å²) in [7, 11) is 0. The van der Waals surface area contributed by atoms with Crippen LogP contribution >= 0.6 is 11.6 Å². The molecular weight excluding hydrogens is 457 g/mol. The zero-order valence-corrected chi connectivity index (χ0v) is 19.6. The second-order valence-electron chi connectivity index (χ2n) is 8.20. The third kappa shape index (κ3) is 4.14. The van der Waals surface area contributed by atoms with Gasteiger partial charge in [0.05, 0.1) is 28.8 Å². The van der Waals surface area contributed by atoms with E-state index < -0.39 is 0 Å². The van der Waals surface area contributed by atoms with Crippen molar-refractivity contribution in [2.45, 2.75) is 13.8 Å². The monoisotopic (exact) mass is 479 g/mol. The number of aromatic nitrogens is 4. The quantitative estimate of drug-likeness (QED) is 0.470. The van der Waals surface area contributed by atoms with Crippen LogP contribution in [0.1, 0.15) is 12.5 Å². The molecule has 0 bridgehead atoms. The van der Waals surface area contributed by atoms with Gasteiger partial charge in [0.1, 0.15) is 17.2 Å². The minimum Gasteiger partial charge on any atom is -0.366 e. The molecule has 5 rings (SSSR count). The van der Waals surface area contributed by atoms with Gasteiger partial charge in [0.25, 0.3) is 0 Å². The number of hydrogen-bond donors (Lipinski definition) is 1. The standard InChI is InChI=1S/C24H23ClFN7O/c1-15-11-20(32-9-7-31(8-10-32)16(2)34)18(26)12-19(15)29-24-28-13-17(25)23(30-24)21-14-27-22-5-3-4-6-33(21)22/h3-6,11-14H,7-10H2,1-2H3,(H,28,29,30). The van der Waals surface area contributed by atoms with E-state index in [4.69, 9.17) is 11.6 Å². The van der Waals surface area contributed by atoms with Crippen LogP contribution in [0.15, 0.2) is 48.9 Å². The number of nitrogens with zero attached hydrogens (tertiary/aromatic N) is 6. The lowest BCUT2D eigenvalue weighted by atomic mass is 10.1. The SMILES string of the molecule is CC(=O)N1CCN(c2cc(C)c(Nc3ncc(Cl)c(-c4cnc5ccccn45)n3)cc2F)CC1. The molecule has 0 unspecified atom stereocenters. The summed E-state index contributed by atoms with van der Waals surface area (Å²) in [6.45, 7) is 5.80. The molecule has 1 aromatic carbocycles. The topological polar surface area (TPSA) is 78.7 Å². The Morgan fingerprint density at radius 3 is 2.68 bits per heavy atom. The van der Waals surface area contributed by atoms with E-state index in [0.717, 1.165) is 16.9 Å².